The highest BCUT2D eigenvalue weighted by molar-refractivity contribution is 5.78. The van der Waals surface area contributed by atoms with Crippen LogP contribution < -0.4 is 10.1 Å². The van der Waals surface area contributed by atoms with Crippen molar-refractivity contribution in [3.63, 3.8) is 0 Å². The monoisotopic (exact) mass is 358 g/mol. The molecule has 140 valence electrons. The van der Waals surface area contributed by atoms with Gasteiger partial charge in [0.15, 0.2) is 0 Å². The van der Waals surface area contributed by atoms with Gasteiger partial charge in [-0.3, -0.25) is 9.69 Å². The van der Waals surface area contributed by atoms with E-state index in [2.05, 4.69) is 17.0 Å². The van der Waals surface area contributed by atoms with Crippen LogP contribution >= 0.6 is 0 Å². The van der Waals surface area contributed by atoms with Crippen molar-refractivity contribution in [2.24, 2.45) is 5.92 Å². The van der Waals surface area contributed by atoms with E-state index in [0.717, 1.165) is 19.3 Å². The third-order valence-electron chi connectivity index (χ3n) is 4.51. The second-order valence-corrected chi connectivity index (χ2v) is 6.76. The van der Waals surface area contributed by atoms with Crippen LogP contribution in [-0.2, 0) is 11.3 Å². The van der Waals surface area contributed by atoms with Crippen molar-refractivity contribution < 1.29 is 22.7 Å². The molecule has 1 saturated carbocycles. The van der Waals surface area contributed by atoms with E-state index in [4.69, 9.17) is 0 Å². The Kier molecular flexibility index (Phi) is 6.70. The van der Waals surface area contributed by atoms with E-state index < -0.39 is 6.36 Å². The Morgan fingerprint density at radius 2 is 1.96 bits per heavy atom. The first kappa shape index (κ1) is 19.6. The number of carbonyl (C=O) groups is 1. The third-order valence-corrected chi connectivity index (χ3v) is 4.51. The second kappa shape index (κ2) is 8.56. The molecule has 2 atom stereocenters. The van der Waals surface area contributed by atoms with Crippen LogP contribution in [0.4, 0.5) is 13.2 Å². The van der Waals surface area contributed by atoms with Crippen LogP contribution in [0.5, 0.6) is 5.75 Å². The zero-order valence-electron chi connectivity index (χ0n) is 14.6. The number of hydrogen-bond acceptors (Lipinski definition) is 3. The number of likely N-dealkylation sites (N-methyl/N-ethyl adjacent to an activating group) is 1. The standard InChI is InChI=1S/C18H25F3N2O2/c1-13-7-3-5-9-15(13)22-17(24)12-23(2)11-14-8-4-6-10-16(14)25-18(19,20)21/h4,6,8,10,13,15H,3,5,7,9,11-12H2,1-2H3,(H,22,24). The molecule has 0 aliphatic heterocycles. The average molecular weight is 358 g/mol. The number of benzene rings is 1. The number of hydrogen-bond donors (Lipinski definition) is 1. The summed E-state index contributed by atoms with van der Waals surface area (Å²) in [5, 5.41) is 3.05. The topological polar surface area (TPSA) is 41.6 Å². The molecule has 0 heterocycles. The minimum atomic E-state index is -4.73. The maximum absolute atomic E-state index is 12.5. The molecule has 1 fully saturated rings. The van der Waals surface area contributed by atoms with Crippen molar-refractivity contribution in [2.45, 2.75) is 51.6 Å². The van der Waals surface area contributed by atoms with Crippen LogP contribution in [0, 0.1) is 5.92 Å². The van der Waals surface area contributed by atoms with Gasteiger partial charge in [0, 0.05) is 18.2 Å². The number of rotatable bonds is 6. The number of nitrogens with zero attached hydrogens (tertiary/aromatic N) is 1. The van der Waals surface area contributed by atoms with Gasteiger partial charge in [-0.2, -0.15) is 0 Å². The van der Waals surface area contributed by atoms with Crippen LogP contribution in [0.25, 0.3) is 0 Å². The number of para-hydroxylation sites is 1. The Bertz CT molecular complexity index is 578. The highest BCUT2D eigenvalue weighted by Crippen LogP contribution is 2.27. The van der Waals surface area contributed by atoms with E-state index >= 15 is 0 Å². The quantitative estimate of drug-likeness (QED) is 0.843. The SMILES string of the molecule is CC1CCCCC1NC(=O)CN(C)Cc1ccccc1OC(F)(F)F. The van der Waals surface area contributed by atoms with E-state index in [-0.39, 0.29) is 30.8 Å². The number of amides is 1. The Morgan fingerprint density at radius 3 is 2.64 bits per heavy atom. The molecule has 1 aliphatic rings. The molecule has 25 heavy (non-hydrogen) atoms. The van der Waals surface area contributed by atoms with Crippen molar-refractivity contribution >= 4 is 5.91 Å². The summed E-state index contributed by atoms with van der Waals surface area (Å²) in [5.74, 6) is 0.127. The van der Waals surface area contributed by atoms with Crippen molar-refractivity contribution in [1.82, 2.24) is 10.2 Å². The minimum Gasteiger partial charge on any atom is -0.405 e. The van der Waals surface area contributed by atoms with Crippen LogP contribution in [-0.4, -0.2) is 36.8 Å². The number of nitrogens with one attached hydrogen (secondary N) is 1. The van der Waals surface area contributed by atoms with Gasteiger partial charge in [-0.1, -0.05) is 38.0 Å². The van der Waals surface area contributed by atoms with Gasteiger partial charge in [0.25, 0.3) is 0 Å². The molecule has 1 aromatic rings. The lowest BCUT2D eigenvalue weighted by atomic mass is 9.86. The molecular formula is C18H25F3N2O2. The lowest BCUT2D eigenvalue weighted by Crippen LogP contribution is -2.44. The molecule has 1 aliphatic carbocycles. The molecule has 1 aromatic carbocycles. The first-order valence-electron chi connectivity index (χ1n) is 8.56. The van der Waals surface area contributed by atoms with Crippen LogP contribution in [0.15, 0.2) is 24.3 Å². The Hall–Kier alpha value is -1.76. The Morgan fingerprint density at radius 1 is 1.28 bits per heavy atom. The maximum atomic E-state index is 12.5. The van der Waals surface area contributed by atoms with E-state index in [9.17, 15) is 18.0 Å². The molecule has 2 unspecified atom stereocenters. The molecule has 0 saturated heterocycles. The van der Waals surface area contributed by atoms with Crippen molar-refractivity contribution in [3.8, 4) is 5.75 Å². The van der Waals surface area contributed by atoms with Gasteiger partial charge in [0.1, 0.15) is 5.75 Å². The normalized spacial score (nSPS) is 21.2. The number of carbonyl (C=O) groups excluding carboxylic acids is 1. The lowest BCUT2D eigenvalue weighted by molar-refractivity contribution is -0.275. The van der Waals surface area contributed by atoms with Gasteiger partial charge >= 0.3 is 6.36 Å². The first-order valence-corrected chi connectivity index (χ1v) is 8.56. The summed E-state index contributed by atoms with van der Waals surface area (Å²) in [6.07, 6.45) is -0.318. The summed E-state index contributed by atoms with van der Waals surface area (Å²) in [5.41, 5.74) is 0.390. The average Bonchev–Trinajstić information content (AvgIpc) is 2.50. The molecular weight excluding hydrogens is 333 g/mol. The summed E-state index contributed by atoms with van der Waals surface area (Å²) in [6.45, 7) is 2.46. The Balaban J connectivity index is 1.89. The lowest BCUT2D eigenvalue weighted by Gasteiger charge is -2.30. The molecule has 1 amide bonds. The molecule has 0 radical (unpaired) electrons. The summed E-state index contributed by atoms with van der Waals surface area (Å²) in [4.78, 5) is 13.9. The molecule has 0 bridgehead atoms. The number of ether oxygens (including phenoxy) is 1. The third kappa shape index (κ3) is 6.57. The number of alkyl halides is 3. The van der Waals surface area contributed by atoms with Gasteiger partial charge in [-0.25, -0.2) is 0 Å². The van der Waals surface area contributed by atoms with Gasteiger partial charge < -0.3 is 10.1 Å². The van der Waals surface area contributed by atoms with Gasteiger partial charge in [0.05, 0.1) is 6.54 Å². The van der Waals surface area contributed by atoms with Crippen molar-refractivity contribution in [3.05, 3.63) is 29.8 Å². The molecule has 0 aromatic heterocycles. The highest BCUT2D eigenvalue weighted by atomic mass is 19.4. The van der Waals surface area contributed by atoms with E-state index in [1.807, 2.05) is 0 Å². The van der Waals surface area contributed by atoms with Gasteiger partial charge in [-0.05, 0) is 31.9 Å². The molecule has 1 N–H and O–H groups in total. The smallest absolute Gasteiger partial charge is 0.405 e. The number of halogens is 3. The Labute approximate surface area is 146 Å². The van der Waals surface area contributed by atoms with Crippen LogP contribution in [0.2, 0.25) is 0 Å². The van der Waals surface area contributed by atoms with E-state index in [0.29, 0.717) is 11.5 Å². The predicted molar refractivity (Wildman–Crippen MR) is 89.0 cm³/mol. The zero-order valence-corrected chi connectivity index (χ0v) is 14.6. The van der Waals surface area contributed by atoms with E-state index in [1.165, 1.54) is 18.6 Å². The van der Waals surface area contributed by atoms with Crippen LogP contribution in [0.1, 0.15) is 38.2 Å². The fourth-order valence-electron chi connectivity index (χ4n) is 3.23. The van der Waals surface area contributed by atoms with Crippen LogP contribution in [0.3, 0.4) is 0 Å². The minimum absolute atomic E-state index is 0.101. The summed E-state index contributed by atoms with van der Waals surface area (Å²) < 4.78 is 41.4. The molecule has 2 rings (SSSR count). The maximum Gasteiger partial charge on any atom is 0.573 e. The largest absolute Gasteiger partial charge is 0.573 e. The predicted octanol–water partition coefficient (Wildman–Crippen LogP) is 3.71. The van der Waals surface area contributed by atoms with E-state index in [1.54, 1.807) is 24.1 Å². The molecule has 0 spiro atoms. The summed E-state index contributed by atoms with van der Waals surface area (Å²) in [7, 11) is 1.70. The second-order valence-electron chi connectivity index (χ2n) is 6.76. The van der Waals surface area contributed by atoms with Gasteiger partial charge in [-0.15, -0.1) is 13.2 Å². The molecule has 4 nitrogen and oxygen atoms in total. The summed E-state index contributed by atoms with van der Waals surface area (Å²) >= 11 is 0. The summed E-state index contributed by atoms with van der Waals surface area (Å²) in [6, 6.07) is 6.17. The fourth-order valence-corrected chi connectivity index (χ4v) is 3.23. The fraction of sp³-hybridized carbons (Fsp3) is 0.611. The highest BCUT2D eigenvalue weighted by Gasteiger charge is 2.32. The van der Waals surface area contributed by atoms with Gasteiger partial charge in [0.2, 0.25) is 5.91 Å². The zero-order chi connectivity index (χ0) is 18.4. The first-order chi connectivity index (χ1) is 11.7. The van der Waals surface area contributed by atoms with Crippen molar-refractivity contribution in [1.29, 1.82) is 0 Å². The van der Waals surface area contributed by atoms with Crippen molar-refractivity contribution in [2.75, 3.05) is 13.6 Å². The molecule has 7 heteroatoms.